The van der Waals surface area contributed by atoms with Crippen molar-refractivity contribution in [3.8, 4) is 11.8 Å². The molecule has 4 nitrogen and oxygen atoms in total. The maximum atomic E-state index is 13.0. The standard InChI is InChI=1S/C15H9ClF2N2O2/c16-10-2-1-9(7-19)14(5-10)20-15(21)8-22-11-3-4-12(17)13(18)6-11/h1-6H,8H2,(H,20,21). The first-order valence-electron chi connectivity index (χ1n) is 6.07. The average molecular weight is 323 g/mol. The van der Waals surface area contributed by atoms with Gasteiger partial charge in [0, 0.05) is 11.1 Å². The minimum atomic E-state index is -1.07. The number of rotatable bonds is 4. The summed E-state index contributed by atoms with van der Waals surface area (Å²) in [7, 11) is 0. The fourth-order valence-corrected chi connectivity index (χ4v) is 1.79. The molecule has 0 aliphatic carbocycles. The first-order chi connectivity index (χ1) is 10.5. The number of carbonyl (C=O) groups excluding carboxylic acids is 1. The van der Waals surface area contributed by atoms with Gasteiger partial charge in [-0.15, -0.1) is 0 Å². The van der Waals surface area contributed by atoms with Crippen molar-refractivity contribution in [2.75, 3.05) is 11.9 Å². The third-order valence-corrected chi connectivity index (χ3v) is 2.87. The van der Waals surface area contributed by atoms with Gasteiger partial charge in [-0.2, -0.15) is 5.26 Å². The first-order valence-corrected chi connectivity index (χ1v) is 6.45. The molecule has 0 fully saturated rings. The Morgan fingerprint density at radius 1 is 1.23 bits per heavy atom. The van der Waals surface area contributed by atoms with Gasteiger partial charge in [0.25, 0.3) is 5.91 Å². The van der Waals surface area contributed by atoms with Gasteiger partial charge in [0.15, 0.2) is 18.2 Å². The Hall–Kier alpha value is -2.65. The molecule has 0 saturated heterocycles. The largest absolute Gasteiger partial charge is 0.484 e. The van der Waals surface area contributed by atoms with Crippen LogP contribution in [0.1, 0.15) is 5.56 Å². The molecule has 1 N–H and O–H groups in total. The van der Waals surface area contributed by atoms with Gasteiger partial charge >= 0.3 is 0 Å². The number of hydrogen-bond acceptors (Lipinski definition) is 3. The fraction of sp³-hybridized carbons (Fsp3) is 0.0667. The zero-order valence-corrected chi connectivity index (χ0v) is 11.8. The van der Waals surface area contributed by atoms with Gasteiger partial charge in [-0.25, -0.2) is 8.78 Å². The zero-order chi connectivity index (χ0) is 16.1. The van der Waals surface area contributed by atoms with Crippen molar-refractivity contribution in [2.45, 2.75) is 0 Å². The molecule has 0 aliphatic rings. The summed E-state index contributed by atoms with van der Waals surface area (Å²) in [5.74, 6) is -2.63. The predicted molar refractivity (Wildman–Crippen MR) is 76.6 cm³/mol. The molecule has 2 rings (SSSR count). The molecule has 0 heterocycles. The Bertz CT molecular complexity index is 760. The molecule has 0 saturated carbocycles. The van der Waals surface area contributed by atoms with Gasteiger partial charge in [0.2, 0.25) is 0 Å². The summed E-state index contributed by atoms with van der Waals surface area (Å²) >= 11 is 5.79. The maximum Gasteiger partial charge on any atom is 0.262 e. The zero-order valence-electron chi connectivity index (χ0n) is 11.1. The highest BCUT2D eigenvalue weighted by molar-refractivity contribution is 6.31. The number of halogens is 3. The summed E-state index contributed by atoms with van der Waals surface area (Å²) in [6, 6.07) is 9.26. The van der Waals surface area contributed by atoms with Gasteiger partial charge in [-0.05, 0) is 30.3 Å². The molecular formula is C15H9ClF2N2O2. The first kappa shape index (κ1) is 15.7. The van der Waals surface area contributed by atoms with E-state index in [1.54, 1.807) is 0 Å². The van der Waals surface area contributed by atoms with Crippen molar-refractivity contribution in [2.24, 2.45) is 0 Å². The highest BCUT2D eigenvalue weighted by atomic mass is 35.5. The molecule has 0 aliphatic heterocycles. The number of nitrogens with one attached hydrogen (secondary N) is 1. The van der Waals surface area contributed by atoms with Gasteiger partial charge in [-0.1, -0.05) is 11.6 Å². The normalized spacial score (nSPS) is 9.91. The van der Waals surface area contributed by atoms with Crippen LogP contribution in [0.25, 0.3) is 0 Å². The molecule has 1 amide bonds. The van der Waals surface area contributed by atoms with Gasteiger partial charge in [0.1, 0.15) is 11.8 Å². The van der Waals surface area contributed by atoms with E-state index >= 15 is 0 Å². The molecular weight excluding hydrogens is 314 g/mol. The van der Waals surface area contributed by atoms with E-state index in [9.17, 15) is 13.6 Å². The summed E-state index contributed by atoms with van der Waals surface area (Å²) in [5, 5.41) is 11.8. The number of benzene rings is 2. The second kappa shape index (κ2) is 6.87. The van der Waals surface area contributed by atoms with Crippen molar-refractivity contribution in [1.29, 1.82) is 5.26 Å². The molecule has 0 aromatic heterocycles. The highest BCUT2D eigenvalue weighted by Gasteiger charge is 2.09. The summed E-state index contributed by atoms with van der Waals surface area (Å²) < 4.78 is 30.8. The average Bonchev–Trinajstić information content (AvgIpc) is 2.49. The molecule has 0 bridgehead atoms. The van der Waals surface area contributed by atoms with Crippen LogP contribution in [0, 0.1) is 23.0 Å². The Morgan fingerprint density at radius 2 is 2.00 bits per heavy atom. The van der Waals surface area contributed by atoms with Crippen molar-refractivity contribution >= 4 is 23.2 Å². The van der Waals surface area contributed by atoms with E-state index in [0.717, 1.165) is 12.1 Å². The van der Waals surface area contributed by atoms with Crippen LogP contribution in [-0.4, -0.2) is 12.5 Å². The summed E-state index contributed by atoms with van der Waals surface area (Å²) in [6.07, 6.45) is 0. The van der Waals surface area contributed by atoms with Crippen molar-refractivity contribution in [3.05, 3.63) is 58.6 Å². The molecule has 0 unspecified atom stereocenters. The lowest BCUT2D eigenvalue weighted by Crippen LogP contribution is -2.20. The minimum absolute atomic E-state index is 0.0145. The van der Waals surface area contributed by atoms with Crippen LogP contribution < -0.4 is 10.1 Å². The molecule has 0 radical (unpaired) electrons. The van der Waals surface area contributed by atoms with Crippen LogP contribution in [0.4, 0.5) is 14.5 Å². The Kier molecular flexibility index (Phi) is 4.92. The van der Waals surface area contributed by atoms with Crippen LogP contribution in [0.2, 0.25) is 5.02 Å². The van der Waals surface area contributed by atoms with Crippen molar-refractivity contribution < 1.29 is 18.3 Å². The quantitative estimate of drug-likeness (QED) is 0.937. The monoisotopic (exact) mass is 322 g/mol. The maximum absolute atomic E-state index is 13.0. The van der Waals surface area contributed by atoms with Crippen LogP contribution in [-0.2, 0) is 4.79 Å². The minimum Gasteiger partial charge on any atom is -0.484 e. The number of nitrogens with zero attached hydrogens (tertiary/aromatic N) is 1. The smallest absolute Gasteiger partial charge is 0.262 e. The second-order valence-electron chi connectivity index (χ2n) is 4.21. The van der Waals surface area contributed by atoms with Gasteiger partial charge in [0.05, 0.1) is 11.3 Å². The van der Waals surface area contributed by atoms with E-state index in [4.69, 9.17) is 21.6 Å². The number of amides is 1. The summed E-state index contributed by atoms with van der Waals surface area (Å²) in [5.41, 5.74) is 0.486. The molecule has 2 aromatic rings. The van der Waals surface area contributed by atoms with Crippen LogP contribution in [0.15, 0.2) is 36.4 Å². The Labute approximate surface area is 129 Å². The third-order valence-electron chi connectivity index (χ3n) is 2.64. The van der Waals surface area contributed by atoms with Crippen LogP contribution in [0.5, 0.6) is 5.75 Å². The van der Waals surface area contributed by atoms with E-state index in [0.29, 0.717) is 5.02 Å². The summed E-state index contributed by atoms with van der Waals surface area (Å²) in [6.45, 7) is -0.428. The third kappa shape index (κ3) is 3.93. The molecule has 0 atom stereocenters. The van der Waals surface area contributed by atoms with E-state index < -0.39 is 24.1 Å². The number of nitriles is 1. The molecule has 7 heteroatoms. The molecule has 2 aromatic carbocycles. The lowest BCUT2D eigenvalue weighted by atomic mass is 10.2. The number of ether oxygens (including phenoxy) is 1. The SMILES string of the molecule is N#Cc1ccc(Cl)cc1NC(=O)COc1ccc(F)c(F)c1. The highest BCUT2D eigenvalue weighted by Crippen LogP contribution is 2.20. The Morgan fingerprint density at radius 3 is 2.68 bits per heavy atom. The van der Waals surface area contributed by atoms with Crippen LogP contribution in [0.3, 0.4) is 0 Å². The van der Waals surface area contributed by atoms with E-state index in [1.165, 1.54) is 24.3 Å². The van der Waals surface area contributed by atoms with Gasteiger partial charge < -0.3 is 10.1 Å². The number of anilines is 1. The van der Waals surface area contributed by atoms with Gasteiger partial charge in [-0.3, -0.25) is 4.79 Å². The number of carbonyl (C=O) groups is 1. The molecule has 112 valence electrons. The van der Waals surface area contributed by atoms with Crippen molar-refractivity contribution in [3.63, 3.8) is 0 Å². The van der Waals surface area contributed by atoms with E-state index in [-0.39, 0.29) is 17.0 Å². The lowest BCUT2D eigenvalue weighted by molar-refractivity contribution is -0.118. The lowest BCUT2D eigenvalue weighted by Gasteiger charge is -2.09. The topological polar surface area (TPSA) is 62.1 Å². The second-order valence-corrected chi connectivity index (χ2v) is 4.65. The fourth-order valence-electron chi connectivity index (χ4n) is 1.62. The molecule has 0 spiro atoms. The van der Waals surface area contributed by atoms with E-state index in [2.05, 4.69) is 5.32 Å². The van der Waals surface area contributed by atoms with Crippen LogP contribution >= 0.6 is 11.6 Å². The number of hydrogen-bond donors (Lipinski definition) is 1. The molecule has 22 heavy (non-hydrogen) atoms. The predicted octanol–water partition coefficient (Wildman–Crippen LogP) is 3.51. The van der Waals surface area contributed by atoms with Crippen molar-refractivity contribution in [1.82, 2.24) is 0 Å². The Balaban J connectivity index is 2.00. The summed E-state index contributed by atoms with van der Waals surface area (Å²) in [4.78, 5) is 11.8. The van der Waals surface area contributed by atoms with E-state index in [1.807, 2.05) is 6.07 Å².